The minimum absolute atomic E-state index is 0.123. The van der Waals surface area contributed by atoms with Crippen LogP contribution in [0.1, 0.15) is 29.3 Å². The number of para-hydroxylation sites is 1. The average Bonchev–Trinajstić information content (AvgIpc) is 3.07. The predicted octanol–water partition coefficient (Wildman–Crippen LogP) is 2.80. The number of carbonyl (C=O) groups excluding carboxylic acids is 2. The number of hydrogen-bond donors (Lipinski definition) is 1. The summed E-state index contributed by atoms with van der Waals surface area (Å²) < 4.78 is 5.29. The van der Waals surface area contributed by atoms with Crippen LogP contribution in [-0.4, -0.2) is 37.6 Å². The van der Waals surface area contributed by atoms with Crippen molar-refractivity contribution in [2.75, 3.05) is 24.7 Å². The Morgan fingerprint density at radius 2 is 1.85 bits per heavy atom. The number of nitrogens with one attached hydrogen (secondary N) is 1. The molecular formula is C21H24N2O3. The van der Waals surface area contributed by atoms with Crippen molar-refractivity contribution < 1.29 is 14.3 Å². The van der Waals surface area contributed by atoms with E-state index in [-0.39, 0.29) is 11.8 Å². The highest BCUT2D eigenvalue weighted by Crippen LogP contribution is 2.33. The summed E-state index contributed by atoms with van der Waals surface area (Å²) in [5.74, 6) is -0.271. The zero-order chi connectivity index (χ0) is 18.4. The SMILES string of the molecule is CCOCCCNC(=O)C1Cc2ccccc2N1C(=O)c1ccccc1. The Bertz CT molecular complexity index is 761. The Kier molecular flexibility index (Phi) is 6.02. The van der Waals surface area contributed by atoms with Crippen LogP contribution in [0.15, 0.2) is 54.6 Å². The van der Waals surface area contributed by atoms with Crippen LogP contribution in [-0.2, 0) is 16.0 Å². The van der Waals surface area contributed by atoms with Gasteiger partial charge >= 0.3 is 0 Å². The number of nitrogens with zero attached hydrogens (tertiary/aromatic N) is 1. The van der Waals surface area contributed by atoms with Gasteiger partial charge < -0.3 is 10.1 Å². The highest BCUT2D eigenvalue weighted by Gasteiger charge is 2.38. The fourth-order valence-electron chi connectivity index (χ4n) is 3.21. The van der Waals surface area contributed by atoms with Gasteiger partial charge in [-0.25, -0.2) is 0 Å². The number of benzene rings is 2. The van der Waals surface area contributed by atoms with Crippen molar-refractivity contribution >= 4 is 17.5 Å². The van der Waals surface area contributed by atoms with Gasteiger partial charge in [0.1, 0.15) is 6.04 Å². The fourth-order valence-corrected chi connectivity index (χ4v) is 3.21. The molecule has 1 unspecified atom stereocenters. The van der Waals surface area contributed by atoms with Crippen LogP contribution in [0.25, 0.3) is 0 Å². The van der Waals surface area contributed by atoms with Crippen LogP contribution in [0, 0.1) is 0 Å². The van der Waals surface area contributed by atoms with Gasteiger partial charge in [-0.15, -0.1) is 0 Å². The molecule has 1 N–H and O–H groups in total. The van der Waals surface area contributed by atoms with Gasteiger partial charge in [-0.1, -0.05) is 36.4 Å². The largest absolute Gasteiger partial charge is 0.382 e. The molecule has 3 rings (SSSR count). The number of anilines is 1. The van der Waals surface area contributed by atoms with E-state index in [9.17, 15) is 9.59 Å². The molecule has 0 fully saturated rings. The Morgan fingerprint density at radius 3 is 2.62 bits per heavy atom. The van der Waals surface area contributed by atoms with Crippen LogP contribution in [0.4, 0.5) is 5.69 Å². The summed E-state index contributed by atoms with van der Waals surface area (Å²) >= 11 is 0. The van der Waals surface area contributed by atoms with Crippen molar-refractivity contribution in [3.8, 4) is 0 Å². The van der Waals surface area contributed by atoms with Crippen molar-refractivity contribution in [2.45, 2.75) is 25.8 Å². The third-order valence-corrected chi connectivity index (χ3v) is 4.49. The van der Waals surface area contributed by atoms with Crippen LogP contribution < -0.4 is 10.2 Å². The van der Waals surface area contributed by atoms with Crippen molar-refractivity contribution in [2.24, 2.45) is 0 Å². The van der Waals surface area contributed by atoms with E-state index in [0.29, 0.717) is 31.7 Å². The predicted molar refractivity (Wildman–Crippen MR) is 101 cm³/mol. The van der Waals surface area contributed by atoms with Crippen LogP contribution in [0.3, 0.4) is 0 Å². The molecule has 1 aliphatic rings. The first-order valence-corrected chi connectivity index (χ1v) is 9.04. The van der Waals surface area contributed by atoms with E-state index in [2.05, 4.69) is 5.32 Å². The highest BCUT2D eigenvalue weighted by molar-refractivity contribution is 6.11. The summed E-state index contributed by atoms with van der Waals surface area (Å²) in [6.45, 7) is 3.78. The van der Waals surface area contributed by atoms with E-state index in [0.717, 1.165) is 17.7 Å². The van der Waals surface area contributed by atoms with Gasteiger partial charge in [-0.05, 0) is 37.1 Å². The van der Waals surface area contributed by atoms with Crippen LogP contribution in [0.2, 0.25) is 0 Å². The maximum atomic E-state index is 13.1. The van der Waals surface area contributed by atoms with E-state index in [4.69, 9.17) is 4.74 Å². The van der Waals surface area contributed by atoms with Crippen LogP contribution in [0.5, 0.6) is 0 Å². The summed E-state index contributed by atoms with van der Waals surface area (Å²) in [4.78, 5) is 27.4. The van der Waals surface area contributed by atoms with E-state index < -0.39 is 6.04 Å². The van der Waals surface area contributed by atoms with E-state index in [1.54, 1.807) is 17.0 Å². The molecule has 1 atom stereocenters. The molecule has 0 saturated carbocycles. The molecule has 2 amide bonds. The summed E-state index contributed by atoms with van der Waals surface area (Å²) in [5.41, 5.74) is 2.42. The van der Waals surface area contributed by atoms with E-state index in [1.165, 1.54) is 0 Å². The number of rotatable bonds is 7. The first kappa shape index (κ1) is 18.1. The minimum Gasteiger partial charge on any atom is -0.382 e. The standard InChI is InChI=1S/C21H24N2O3/c1-2-26-14-8-13-22-20(24)19-15-17-11-6-7-12-18(17)23(19)21(25)16-9-4-3-5-10-16/h3-7,9-12,19H,2,8,13-15H2,1H3,(H,22,24). The Labute approximate surface area is 154 Å². The molecule has 136 valence electrons. The smallest absolute Gasteiger partial charge is 0.259 e. The molecule has 5 nitrogen and oxygen atoms in total. The maximum absolute atomic E-state index is 13.1. The van der Waals surface area contributed by atoms with E-state index >= 15 is 0 Å². The second-order valence-corrected chi connectivity index (χ2v) is 6.23. The third-order valence-electron chi connectivity index (χ3n) is 4.49. The molecule has 2 aromatic rings. The normalized spacial score (nSPS) is 15.6. The fraction of sp³-hybridized carbons (Fsp3) is 0.333. The number of ether oxygens (including phenoxy) is 1. The lowest BCUT2D eigenvalue weighted by molar-refractivity contribution is -0.122. The van der Waals surface area contributed by atoms with Gasteiger partial charge in [-0.2, -0.15) is 0 Å². The molecule has 0 aliphatic carbocycles. The quantitative estimate of drug-likeness (QED) is 0.780. The molecule has 5 heteroatoms. The molecule has 26 heavy (non-hydrogen) atoms. The lowest BCUT2D eigenvalue weighted by Crippen LogP contribution is -2.48. The molecule has 0 spiro atoms. The van der Waals surface area contributed by atoms with Gasteiger partial charge in [0.2, 0.25) is 5.91 Å². The van der Waals surface area contributed by atoms with Crippen molar-refractivity contribution in [3.05, 3.63) is 65.7 Å². The molecule has 0 radical (unpaired) electrons. The zero-order valence-corrected chi connectivity index (χ0v) is 15.0. The second kappa shape index (κ2) is 8.63. The van der Waals surface area contributed by atoms with Crippen LogP contribution >= 0.6 is 0 Å². The van der Waals surface area contributed by atoms with Gasteiger partial charge in [0.15, 0.2) is 0 Å². The summed E-state index contributed by atoms with van der Waals surface area (Å²) in [6.07, 6.45) is 1.29. The van der Waals surface area contributed by atoms with Crippen molar-refractivity contribution in [1.29, 1.82) is 0 Å². The topological polar surface area (TPSA) is 58.6 Å². The molecule has 0 saturated heterocycles. The molecule has 1 aliphatic heterocycles. The number of carbonyl (C=O) groups is 2. The molecule has 0 aromatic heterocycles. The Balaban J connectivity index is 1.76. The average molecular weight is 352 g/mol. The zero-order valence-electron chi connectivity index (χ0n) is 15.0. The molecule has 2 aromatic carbocycles. The first-order chi connectivity index (χ1) is 12.7. The molecular weight excluding hydrogens is 328 g/mol. The van der Waals surface area contributed by atoms with Gasteiger partial charge in [-0.3, -0.25) is 14.5 Å². The van der Waals surface area contributed by atoms with Gasteiger partial charge in [0, 0.05) is 37.4 Å². The monoisotopic (exact) mass is 352 g/mol. The summed E-state index contributed by atoms with van der Waals surface area (Å²) in [7, 11) is 0. The lowest BCUT2D eigenvalue weighted by atomic mass is 10.1. The number of amides is 2. The van der Waals surface area contributed by atoms with Gasteiger partial charge in [0.25, 0.3) is 5.91 Å². The second-order valence-electron chi connectivity index (χ2n) is 6.23. The first-order valence-electron chi connectivity index (χ1n) is 9.04. The Hall–Kier alpha value is -2.66. The molecule has 0 bridgehead atoms. The third kappa shape index (κ3) is 3.94. The van der Waals surface area contributed by atoms with Gasteiger partial charge in [0.05, 0.1) is 0 Å². The van der Waals surface area contributed by atoms with Crippen molar-refractivity contribution in [3.63, 3.8) is 0 Å². The summed E-state index contributed by atoms with van der Waals surface area (Å²) in [5, 5.41) is 2.94. The number of fused-ring (bicyclic) bond motifs is 1. The summed E-state index contributed by atoms with van der Waals surface area (Å²) in [6, 6.07) is 16.3. The Morgan fingerprint density at radius 1 is 1.12 bits per heavy atom. The highest BCUT2D eigenvalue weighted by atomic mass is 16.5. The minimum atomic E-state index is -0.521. The van der Waals surface area contributed by atoms with E-state index in [1.807, 2.05) is 49.4 Å². The maximum Gasteiger partial charge on any atom is 0.259 e. The molecule has 1 heterocycles. The number of hydrogen-bond acceptors (Lipinski definition) is 3. The van der Waals surface area contributed by atoms with Crippen molar-refractivity contribution in [1.82, 2.24) is 5.32 Å². The lowest BCUT2D eigenvalue weighted by Gasteiger charge is -2.25.